The highest BCUT2D eigenvalue weighted by Crippen LogP contribution is 2.23. The highest BCUT2D eigenvalue weighted by atomic mass is 32.1. The van der Waals surface area contributed by atoms with E-state index in [9.17, 15) is 9.59 Å². The molecule has 110 valence electrons. The van der Waals surface area contributed by atoms with Crippen LogP contribution in [-0.2, 0) is 4.74 Å². The lowest BCUT2D eigenvalue weighted by Gasteiger charge is -2.18. The summed E-state index contributed by atoms with van der Waals surface area (Å²) >= 11 is 1.10. The van der Waals surface area contributed by atoms with Crippen LogP contribution in [0, 0.1) is 6.92 Å². The minimum Gasteiger partial charge on any atom is -0.444 e. The number of hydrogen-bond acceptors (Lipinski definition) is 5. The number of ether oxygens (including phenoxy) is 1. The van der Waals surface area contributed by atoms with Gasteiger partial charge in [-0.05, 0) is 27.7 Å². The van der Waals surface area contributed by atoms with Crippen LogP contribution < -0.4 is 10.6 Å². The summed E-state index contributed by atoms with van der Waals surface area (Å²) in [7, 11) is 0. The van der Waals surface area contributed by atoms with E-state index in [1.54, 1.807) is 33.8 Å². The molecule has 0 aliphatic rings. The summed E-state index contributed by atoms with van der Waals surface area (Å²) in [6.07, 6.45) is 0.998. The molecule has 0 aliphatic carbocycles. The van der Waals surface area contributed by atoms with Crippen LogP contribution in [0.25, 0.3) is 0 Å². The molecule has 20 heavy (non-hydrogen) atoms. The standard InChI is InChI=1S/C13H19N3O3S/c1-6-7-14-10(17)9-8(2)15-11(20-9)16-12(18)19-13(3,4)5/h6H,1,7H2,2-5H3,(H,14,17)(H,15,16,18). The Morgan fingerprint density at radius 2 is 2.10 bits per heavy atom. The molecule has 2 N–H and O–H groups in total. The van der Waals surface area contributed by atoms with Crippen molar-refractivity contribution in [3.05, 3.63) is 23.2 Å². The molecular formula is C13H19N3O3S. The Morgan fingerprint density at radius 3 is 2.65 bits per heavy atom. The molecule has 0 spiro atoms. The van der Waals surface area contributed by atoms with Gasteiger partial charge in [-0.15, -0.1) is 6.58 Å². The number of nitrogens with one attached hydrogen (secondary N) is 2. The average Bonchev–Trinajstić information content (AvgIpc) is 2.64. The monoisotopic (exact) mass is 297 g/mol. The van der Waals surface area contributed by atoms with Crippen LogP contribution in [0.3, 0.4) is 0 Å². The molecule has 0 aromatic carbocycles. The van der Waals surface area contributed by atoms with Crippen LogP contribution in [0.1, 0.15) is 36.1 Å². The van der Waals surface area contributed by atoms with Crippen LogP contribution in [0.4, 0.5) is 9.93 Å². The number of thiazole rings is 1. The lowest BCUT2D eigenvalue weighted by Crippen LogP contribution is -2.27. The van der Waals surface area contributed by atoms with Crippen molar-refractivity contribution in [3.63, 3.8) is 0 Å². The molecule has 1 rings (SSSR count). The highest BCUT2D eigenvalue weighted by molar-refractivity contribution is 7.17. The van der Waals surface area contributed by atoms with Crippen molar-refractivity contribution >= 4 is 28.5 Å². The number of carbonyl (C=O) groups is 2. The van der Waals surface area contributed by atoms with Gasteiger partial charge in [-0.2, -0.15) is 0 Å². The molecule has 0 aliphatic heterocycles. The second-order valence-electron chi connectivity index (χ2n) is 5.06. The van der Waals surface area contributed by atoms with Crippen molar-refractivity contribution in [1.82, 2.24) is 10.3 Å². The number of hydrogen-bond donors (Lipinski definition) is 2. The van der Waals surface area contributed by atoms with Gasteiger partial charge in [0.05, 0.1) is 5.69 Å². The molecule has 0 unspecified atom stereocenters. The summed E-state index contributed by atoms with van der Waals surface area (Å²) in [6, 6.07) is 0. The fourth-order valence-electron chi connectivity index (χ4n) is 1.30. The van der Waals surface area contributed by atoms with E-state index in [0.29, 0.717) is 22.2 Å². The second-order valence-corrected chi connectivity index (χ2v) is 6.06. The molecule has 2 amide bonds. The maximum atomic E-state index is 11.8. The Kier molecular flexibility index (Phi) is 5.26. The van der Waals surface area contributed by atoms with Crippen molar-refractivity contribution in [2.45, 2.75) is 33.3 Å². The van der Waals surface area contributed by atoms with Gasteiger partial charge in [-0.1, -0.05) is 17.4 Å². The third-order valence-corrected chi connectivity index (χ3v) is 3.09. The number of amides is 2. The van der Waals surface area contributed by atoms with Gasteiger partial charge in [0.15, 0.2) is 5.13 Å². The summed E-state index contributed by atoms with van der Waals surface area (Å²) in [5.41, 5.74) is -0.0248. The zero-order valence-corrected chi connectivity index (χ0v) is 12.9. The smallest absolute Gasteiger partial charge is 0.413 e. The van der Waals surface area contributed by atoms with Crippen LogP contribution in [-0.4, -0.2) is 29.1 Å². The Balaban J connectivity index is 2.72. The first-order chi connectivity index (χ1) is 9.23. The second kappa shape index (κ2) is 6.51. The maximum absolute atomic E-state index is 11.8. The topological polar surface area (TPSA) is 80.3 Å². The highest BCUT2D eigenvalue weighted by Gasteiger charge is 2.19. The van der Waals surface area contributed by atoms with Crippen LogP contribution in [0.5, 0.6) is 0 Å². The number of anilines is 1. The molecule has 0 bridgehead atoms. The quantitative estimate of drug-likeness (QED) is 0.837. The average molecular weight is 297 g/mol. The van der Waals surface area contributed by atoms with E-state index in [4.69, 9.17) is 4.74 Å². The largest absolute Gasteiger partial charge is 0.444 e. The van der Waals surface area contributed by atoms with Gasteiger partial charge in [0.25, 0.3) is 5.91 Å². The number of rotatable bonds is 4. The van der Waals surface area contributed by atoms with E-state index in [2.05, 4.69) is 22.2 Å². The van der Waals surface area contributed by atoms with Gasteiger partial charge in [0.1, 0.15) is 10.5 Å². The lowest BCUT2D eigenvalue weighted by molar-refractivity contribution is 0.0635. The Morgan fingerprint density at radius 1 is 1.45 bits per heavy atom. The van der Waals surface area contributed by atoms with Crippen LogP contribution >= 0.6 is 11.3 Å². The summed E-state index contributed by atoms with van der Waals surface area (Å²) in [6.45, 7) is 10.9. The molecule has 1 heterocycles. The fraction of sp³-hybridized carbons (Fsp3) is 0.462. The van der Waals surface area contributed by atoms with E-state index >= 15 is 0 Å². The van der Waals surface area contributed by atoms with Gasteiger partial charge in [-0.25, -0.2) is 9.78 Å². The zero-order valence-electron chi connectivity index (χ0n) is 12.1. The summed E-state index contributed by atoms with van der Waals surface area (Å²) in [5, 5.41) is 5.51. The number of aromatic nitrogens is 1. The van der Waals surface area contributed by atoms with Gasteiger partial charge in [0.2, 0.25) is 0 Å². The summed E-state index contributed by atoms with van der Waals surface area (Å²) in [5.74, 6) is -0.239. The van der Waals surface area contributed by atoms with Crippen molar-refractivity contribution in [2.24, 2.45) is 0 Å². The third-order valence-electron chi connectivity index (χ3n) is 2.02. The number of nitrogens with zero attached hydrogens (tertiary/aromatic N) is 1. The fourth-order valence-corrected chi connectivity index (χ4v) is 2.17. The minimum atomic E-state index is -0.593. The zero-order chi connectivity index (χ0) is 15.3. The SMILES string of the molecule is C=CCNC(=O)c1sc(NC(=O)OC(C)(C)C)nc1C. The van der Waals surface area contributed by atoms with E-state index < -0.39 is 11.7 Å². The third kappa shape index (κ3) is 5.00. The first-order valence-electron chi connectivity index (χ1n) is 6.09. The minimum absolute atomic E-state index is 0.239. The van der Waals surface area contributed by atoms with E-state index in [0.717, 1.165) is 11.3 Å². The van der Waals surface area contributed by atoms with Gasteiger partial charge in [-0.3, -0.25) is 10.1 Å². The molecule has 6 nitrogen and oxygen atoms in total. The van der Waals surface area contributed by atoms with Crippen molar-refractivity contribution in [1.29, 1.82) is 0 Å². The van der Waals surface area contributed by atoms with Crippen LogP contribution in [0.15, 0.2) is 12.7 Å². The Bertz CT molecular complexity index is 517. The molecule has 0 radical (unpaired) electrons. The maximum Gasteiger partial charge on any atom is 0.413 e. The van der Waals surface area contributed by atoms with Gasteiger partial charge < -0.3 is 10.1 Å². The molecule has 0 fully saturated rings. The first-order valence-corrected chi connectivity index (χ1v) is 6.91. The van der Waals surface area contributed by atoms with E-state index in [-0.39, 0.29) is 5.91 Å². The predicted molar refractivity (Wildman–Crippen MR) is 79.2 cm³/mol. The molecule has 1 aromatic rings. The van der Waals surface area contributed by atoms with Crippen molar-refractivity contribution < 1.29 is 14.3 Å². The molecule has 7 heteroatoms. The molecular weight excluding hydrogens is 278 g/mol. The summed E-state index contributed by atoms with van der Waals surface area (Å²) < 4.78 is 5.12. The van der Waals surface area contributed by atoms with Gasteiger partial charge >= 0.3 is 6.09 Å². The van der Waals surface area contributed by atoms with Crippen molar-refractivity contribution in [2.75, 3.05) is 11.9 Å². The molecule has 0 atom stereocenters. The summed E-state index contributed by atoms with van der Waals surface area (Å²) in [4.78, 5) is 28.0. The molecule has 0 saturated carbocycles. The predicted octanol–water partition coefficient (Wildman–Crippen LogP) is 2.71. The number of carbonyl (C=O) groups excluding carboxylic acids is 2. The van der Waals surface area contributed by atoms with Crippen LogP contribution in [0.2, 0.25) is 0 Å². The van der Waals surface area contributed by atoms with E-state index in [1.165, 1.54) is 0 Å². The molecule has 1 aromatic heterocycles. The normalized spacial score (nSPS) is 10.8. The first kappa shape index (κ1) is 16.2. The lowest BCUT2D eigenvalue weighted by atomic mass is 10.2. The Hall–Kier alpha value is -1.89. The van der Waals surface area contributed by atoms with Gasteiger partial charge in [0, 0.05) is 6.54 Å². The van der Waals surface area contributed by atoms with E-state index in [1.807, 2.05) is 0 Å². The van der Waals surface area contributed by atoms with Crippen molar-refractivity contribution in [3.8, 4) is 0 Å². The Labute approximate surface area is 122 Å². The number of aryl methyl sites for hydroxylation is 1. The molecule has 0 saturated heterocycles.